The van der Waals surface area contributed by atoms with E-state index in [9.17, 15) is 4.79 Å². The van der Waals surface area contributed by atoms with Gasteiger partial charge in [0.05, 0.1) is 21.5 Å². The van der Waals surface area contributed by atoms with Crippen molar-refractivity contribution in [2.45, 2.75) is 12.5 Å². The van der Waals surface area contributed by atoms with E-state index in [0.717, 1.165) is 15.6 Å². The van der Waals surface area contributed by atoms with E-state index in [1.54, 1.807) is 19.4 Å². The fourth-order valence-corrected chi connectivity index (χ4v) is 5.41. The van der Waals surface area contributed by atoms with Gasteiger partial charge in [0.25, 0.3) is 0 Å². The Morgan fingerprint density at radius 3 is 2.77 bits per heavy atom. The summed E-state index contributed by atoms with van der Waals surface area (Å²) in [4.78, 5) is 17.6. The van der Waals surface area contributed by atoms with Crippen molar-refractivity contribution in [1.29, 1.82) is 5.41 Å². The average molecular weight is 501 g/mol. The summed E-state index contributed by atoms with van der Waals surface area (Å²) in [6.07, 6.45) is 3.44. The molecule has 5 nitrogen and oxygen atoms in total. The molecule has 1 aliphatic rings. The zero-order chi connectivity index (χ0) is 21.1. The number of carbonyl (C=O) groups is 1. The Labute approximate surface area is 190 Å². The molecular weight excluding hydrogens is 484 g/mol. The van der Waals surface area contributed by atoms with Gasteiger partial charge in [-0.15, -0.1) is 11.3 Å². The van der Waals surface area contributed by atoms with Crippen LogP contribution in [0.25, 0.3) is 6.08 Å². The predicted octanol–water partition coefficient (Wildman–Crippen LogP) is 5.91. The smallest absolute Gasteiger partial charge is 0.186 e. The van der Waals surface area contributed by atoms with Crippen LogP contribution in [0.5, 0.6) is 11.5 Å². The molecular formula is C22H17BrN2O3S2. The number of nitrogens with one attached hydrogen (secondary N) is 1. The second-order valence-corrected chi connectivity index (χ2v) is 9.32. The normalized spacial score (nSPS) is 17.5. The maximum atomic E-state index is 12.9. The molecule has 1 aromatic heterocycles. The van der Waals surface area contributed by atoms with Crippen molar-refractivity contribution < 1.29 is 14.3 Å². The molecule has 1 saturated heterocycles. The van der Waals surface area contributed by atoms with Crippen LogP contribution in [0.4, 0.5) is 0 Å². The Bertz CT molecular complexity index is 1110. The van der Waals surface area contributed by atoms with E-state index in [1.807, 2.05) is 47.8 Å². The van der Waals surface area contributed by atoms with Crippen LogP contribution in [0.2, 0.25) is 0 Å². The molecule has 0 aliphatic carbocycles. The molecule has 30 heavy (non-hydrogen) atoms. The number of methoxy groups -OCH3 is 1. The van der Waals surface area contributed by atoms with Gasteiger partial charge in [-0.05, 0) is 45.3 Å². The highest BCUT2D eigenvalue weighted by atomic mass is 79.9. The van der Waals surface area contributed by atoms with Crippen molar-refractivity contribution in [2.75, 3.05) is 7.11 Å². The molecule has 4 rings (SSSR count). The second kappa shape index (κ2) is 9.16. The third-order valence-corrected chi connectivity index (χ3v) is 6.89. The van der Waals surface area contributed by atoms with Gasteiger partial charge in [-0.2, -0.15) is 0 Å². The Morgan fingerprint density at radius 1 is 1.27 bits per heavy atom. The second-order valence-electron chi connectivity index (χ2n) is 6.45. The minimum atomic E-state index is -0.597. The fraction of sp³-hybridized carbons (Fsp3) is 0.136. The van der Waals surface area contributed by atoms with Gasteiger partial charge in [0, 0.05) is 11.6 Å². The van der Waals surface area contributed by atoms with Crippen LogP contribution in [-0.2, 0) is 11.4 Å². The molecule has 1 N–H and O–H groups in total. The van der Waals surface area contributed by atoms with Gasteiger partial charge in [0.15, 0.2) is 17.3 Å². The van der Waals surface area contributed by atoms with Crippen LogP contribution in [0.15, 0.2) is 63.4 Å². The van der Waals surface area contributed by atoms with E-state index in [1.165, 1.54) is 23.1 Å². The lowest BCUT2D eigenvalue weighted by molar-refractivity contribution is -0.114. The van der Waals surface area contributed by atoms with E-state index in [0.29, 0.717) is 33.1 Å². The predicted molar refractivity (Wildman–Crippen MR) is 125 cm³/mol. The summed E-state index contributed by atoms with van der Waals surface area (Å²) in [6.45, 7) is 0.414. The first-order valence-corrected chi connectivity index (χ1v) is 11.5. The summed E-state index contributed by atoms with van der Waals surface area (Å²) in [6, 6.07) is 13.6. The third-order valence-electron chi connectivity index (χ3n) is 4.46. The third kappa shape index (κ3) is 4.35. The number of hydrogen-bond donors (Lipinski definition) is 1. The molecule has 0 bridgehead atoms. The number of halogens is 1. The number of nitrogens with zero attached hydrogens (tertiary/aromatic N) is 1. The number of thiazole rings is 1. The Kier molecular flexibility index (Phi) is 6.36. The molecule has 0 saturated carbocycles. The topological polar surface area (TPSA) is 72.3 Å². The van der Waals surface area contributed by atoms with Crippen LogP contribution in [0.3, 0.4) is 0 Å². The molecule has 1 fully saturated rings. The number of hydrogen-bond acceptors (Lipinski definition) is 7. The van der Waals surface area contributed by atoms with Gasteiger partial charge < -0.3 is 9.47 Å². The maximum absolute atomic E-state index is 12.9. The zero-order valence-electron chi connectivity index (χ0n) is 15.9. The lowest BCUT2D eigenvalue weighted by Gasteiger charge is -2.14. The highest BCUT2D eigenvalue weighted by molar-refractivity contribution is 9.10. The molecule has 2 heterocycles. The lowest BCUT2D eigenvalue weighted by Crippen LogP contribution is -2.11. The van der Waals surface area contributed by atoms with Gasteiger partial charge in [-0.3, -0.25) is 10.2 Å². The summed E-state index contributed by atoms with van der Waals surface area (Å²) in [5.41, 5.74) is 1.84. The van der Waals surface area contributed by atoms with Crippen LogP contribution >= 0.6 is 39.0 Å². The van der Waals surface area contributed by atoms with Gasteiger partial charge >= 0.3 is 0 Å². The number of aromatic nitrogens is 1. The number of ketones is 1. The number of ether oxygens (including phenoxy) is 2. The number of Topliss-reactive ketones (excluding diaryl/α,β-unsaturated/α-hetero) is 1. The molecule has 1 atom stereocenters. The summed E-state index contributed by atoms with van der Waals surface area (Å²) in [5.74, 6) is 0.468. The number of rotatable bonds is 6. The SMILES string of the molecule is COc1cc(/C=C2\SC(=N)[C@H](c3nccs3)C2=O)cc(Br)c1OCc1ccccc1. The monoisotopic (exact) mass is 500 g/mol. The summed E-state index contributed by atoms with van der Waals surface area (Å²) in [5, 5.41) is 11.0. The zero-order valence-corrected chi connectivity index (χ0v) is 19.1. The molecule has 0 unspecified atom stereocenters. The fourth-order valence-electron chi connectivity index (χ4n) is 3.04. The number of benzene rings is 2. The molecule has 3 aromatic rings. The minimum Gasteiger partial charge on any atom is -0.493 e. The highest BCUT2D eigenvalue weighted by Crippen LogP contribution is 2.43. The minimum absolute atomic E-state index is 0.0977. The Hall–Kier alpha value is -2.42. The summed E-state index contributed by atoms with van der Waals surface area (Å²) < 4.78 is 12.2. The molecule has 0 spiro atoms. The van der Waals surface area contributed by atoms with Gasteiger partial charge in [0.2, 0.25) is 0 Å². The highest BCUT2D eigenvalue weighted by Gasteiger charge is 2.38. The van der Waals surface area contributed by atoms with Crippen molar-refractivity contribution >= 4 is 55.9 Å². The summed E-state index contributed by atoms with van der Waals surface area (Å²) in [7, 11) is 1.58. The molecule has 8 heteroatoms. The van der Waals surface area contributed by atoms with Crippen LogP contribution in [0, 0.1) is 5.41 Å². The van der Waals surface area contributed by atoms with E-state index in [2.05, 4.69) is 20.9 Å². The molecule has 0 amide bonds. The van der Waals surface area contributed by atoms with Crippen molar-refractivity contribution in [1.82, 2.24) is 4.98 Å². The first-order valence-electron chi connectivity index (χ1n) is 9.02. The first-order chi connectivity index (χ1) is 14.6. The van der Waals surface area contributed by atoms with Crippen molar-refractivity contribution in [3.63, 3.8) is 0 Å². The number of allylic oxidation sites excluding steroid dienone is 1. The Balaban J connectivity index is 1.58. The average Bonchev–Trinajstić information content (AvgIpc) is 3.35. The first kappa shape index (κ1) is 20.8. The van der Waals surface area contributed by atoms with Crippen LogP contribution in [0.1, 0.15) is 22.1 Å². The van der Waals surface area contributed by atoms with E-state index < -0.39 is 5.92 Å². The molecule has 2 aromatic carbocycles. The molecule has 152 valence electrons. The maximum Gasteiger partial charge on any atom is 0.186 e. The van der Waals surface area contributed by atoms with E-state index in [4.69, 9.17) is 14.9 Å². The van der Waals surface area contributed by atoms with E-state index in [-0.39, 0.29) is 5.78 Å². The van der Waals surface area contributed by atoms with Gasteiger partial charge in [0.1, 0.15) is 17.5 Å². The van der Waals surface area contributed by atoms with Crippen LogP contribution < -0.4 is 9.47 Å². The number of thioether (sulfide) groups is 1. The largest absolute Gasteiger partial charge is 0.493 e. The standard InChI is InChI=1S/C22H17BrN2O3S2/c1-27-16-10-14(9-15(23)20(16)28-12-13-5-3-2-4-6-13)11-17-19(26)18(21(24)30-17)22-25-7-8-29-22/h2-11,18,24H,12H2,1H3/b17-11-,24-21?/t18-/m1/s1. The van der Waals surface area contributed by atoms with Crippen LogP contribution in [-0.4, -0.2) is 22.9 Å². The molecule has 0 radical (unpaired) electrons. The van der Waals surface area contributed by atoms with E-state index >= 15 is 0 Å². The molecule has 1 aliphatic heterocycles. The van der Waals surface area contributed by atoms with Crippen molar-refractivity contribution in [2.24, 2.45) is 0 Å². The van der Waals surface area contributed by atoms with Crippen molar-refractivity contribution in [3.05, 3.63) is 79.6 Å². The lowest BCUT2D eigenvalue weighted by atomic mass is 10.0. The quantitative estimate of drug-likeness (QED) is 0.425. The number of carbonyl (C=O) groups excluding carboxylic acids is 1. The van der Waals surface area contributed by atoms with Gasteiger partial charge in [-0.1, -0.05) is 42.1 Å². The van der Waals surface area contributed by atoms with Crippen molar-refractivity contribution in [3.8, 4) is 11.5 Å². The summed E-state index contributed by atoms with van der Waals surface area (Å²) >= 11 is 6.13. The Morgan fingerprint density at radius 2 is 2.07 bits per heavy atom. The van der Waals surface area contributed by atoms with Gasteiger partial charge in [-0.25, -0.2) is 4.98 Å².